The molecule has 1 aromatic rings. The second-order valence-corrected chi connectivity index (χ2v) is 6.87. The molecule has 20 heavy (non-hydrogen) atoms. The van der Waals surface area contributed by atoms with Gasteiger partial charge in [-0.2, -0.15) is 11.8 Å². The molecule has 1 heterocycles. The zero-order valence-corrected chi connectivity index (χ0v) is 13.5. The van der Waals surface area contributed by atoms with E-state index in [4.69, 9.17) is 4.74 Å². The minimum Gasteiger partial charge on any atom is -0.497 e. The molecule has 1 aliphatic rings. The van der Waals surface area contributed by atoms with Crippen LogP contribution >= 0.6 is 11.8 Å². The van der Waals surface area contributed by atoms with Crippen molar-refractivity contribution in [3.8, 4) is 5.75 Å². The standard InChI is InChI=1S/C17H27NOS/c1-3-10-18-16(17-9-4-5-11-20-17)13-14-7-6-8-15(12-14)19-2/h6-8,12,16-18H,3-5,9-11,13H2,1-2H3. The van der Waals surface area contributed by atoms with Gasteiger partial charge in [-0.25, -0.2) is 0 Å². The number of hydrogen-bond acceptors (Lipinski definition) is 3. The fourth-order valence-corrected chi connectivity index (χ4v) is 4.23. The second-order valence-electron chi connectivity index (χ2n) is 5.52. The molecular weight excluding hydrogens is 266 g/mol. The van der Waals surface area contributed by atoms with Crippen molar-refractivity contribution in [2.75, 3.05) is 19.4 Å². The lowest BCUT2D eigenvalue weighted by Gasteiger charge is -2.31. The predicted molar refractivity (Wildman–Crippen MR) is 88.9 cm³/mol. The normalized spacial score (nSPS) is 20.6. The first kappa shape index (κ1) is 15.7. The van der Waals surface area contributed by atoms with Crippen LogP contribution in [-0.4, -0.2) is 30.7 Å². The quantitative estimate of drug-likeness (QED) is 0.824. The van der Waals surface area contributed by atoms with Gasteiger partial charge in [-0.15, -0.1) is 0 Å². The zero-order valence-electron chi connectivity index (χ0n) is 12.7. The van der Waals surface area contributed by atoms with Crippen LogP contribution in [0.1, 0.15) is 38.2 Å². The molecule has 0 aliphatic carbocycles. The van der Waals surface area contributed by atoms with Crippen molar-refractivity contribution in [3.63, 3.8) is 0 Å². The largest absolute Gasteiger partial charge is 0.497 e. The maximum absolute atomic E-state index is 5.34. The molecule has 1 fully saturated rings. The lowest BCUT2D eigenvalue weighted by atomic mass is 9.99. The molecule has 0 radical (unpaired) electrons. The molecule has 1 aromatic carbocycles. The molecule has 0 bridgehead atoms. The van der Waals surface area contributed by atoms with Gasteiger partial charge in [-0.3, -0.25) is 0 Å². The summed E-state index contributed by atoms with van der Waals surface area (Å²) in [4.78, 5) is 0. The molecule has 2 nitrogen and oxygen atoms in total. The highest BCUT2D eigenvalue weighted by Gasteiger charge is 2.23. The SMILES string of the molecule is CCCNC(Cc1cccc(OC)c1)C1CCCCS1. The van der Waals surface area contributed by atoms with E-state index in [1.165, 1.54) is 37.0 Å². The van der Waals surface area contributed by atoms with Crippen LogP contribution in [0.2, 0.25) is 0 Å². The van der Waals surface area contributed by atoms with E-state index in [0.717, 1.165) is 24.0 Å². The summed E-state index contributed by atoms with van der Waals surface area (Å²) in [5.74, 6) is 2.29. The van der Waals surface area contributed by atoms with Gasteiger partial charge in [-0.05, 0) is 55.7 Å². The minimum atomic E-state index is 0.590. The minimum absolute atomic E-state index is 0.590. The Kier molecular flexibility index (Phi) is 6.74. The first-order valence-electron chi connectivity index (χ1n) is 7.81. The number of rotatable bonds is 7. The molecule has 1 aliphatic heterocycles. The number of nitrogens with one attached hydrogen (secondary N) is 1. The van der Waals surface area contributed by atoms with E-state index in [0.29, 0.717) is 6.04 Å². The molecule has 2 unspecified atom stereocenters. The van der Waals surface area contributed by atoms with Crippen molar-refractivity contribution in [2.24, 2.45) is 0 Å². The zero-order chi connectivity index (χ0) is 14.2. The van der Waals surface area contributed by atoms with Gasteiger partial charge in [0.15, 0.2) is 0 Å². The number of thioether (sulfide) groups is 1. The molecule has 0 aromatic heterocycles. The van der Waals surface area contributed by atoms with Crippen molar-refractivity contribution in [2.45, 2.75) is 50.3 Å². The average molecular weight is 293 g/mol. The van der Waals surface area contributed by atoms with Gasteiger partial charge in [-0.1, -0.05) is 25.5 Å². The van der Waals surface area contributed by atoms with E-state index in [-0.39, 0.29) is 0 Å². The van der Waals surface area contributed by atoms with Crippen molar-refractivity contribution < 1.29 is 4.74 Å². The third kappa shape index (κ3) is 4.71. The van der Waals surface area contributed by atoms with Crippen LogP contribution in [0.15, 0.2) is 24.3 Å². The highest BCUT2D eigenvalue weighted by Crippen LogP contribution is 2.29. The van der Waals surface area contributed by atoms with Gasteiger partial charge < -0.3 is 10.1 Å². The van der Waals surface area contributed by atoms with E-state index >= 15 is 0 Å². The third-order valence-electron chi connectivity index (χ3n) is 3.91. The molecular formula is C17H27NOS. The summed E-state index contributed by atoms with van der Waals surface area (Å²) in [5, 5.41) is 4.53. The molecule has 112 valence electrons. The first-order valence-corrected chi connectivity index (χ1v) is 8.86. The van der Waals surface area contributed by atoms with Crippen molar-refractivity contribution >= 4 is 11.8 Å². The van der Waals surface area contributed by atoms with Crippen LogP contribution in [0.25, 0.3) is 0 Å². The topological polar surface area (TPSA) is 21.3 Å². The highest BCUT2D eigenvalue weighted by molar-refractivity contribution is 8.00. The lowest BCUT2D eigenvalue weighted by Crippen LogP contribution is -2.41. The van der Waals surface area contributed by atoms with Gasteiger partial charge in [0.25, 0.3) is 0 Å². The summed E-state index contributed by atoms with van der Waals surface area (Å²) in [7, 11) is 1.74. The maximum atomic E-state index is 5.34. The van der Waals surface area contributed by atoms with Crippen LogP contribution in [-0.2, 0) is 6.42 Å². The fourth-order valence-electron chi connectivity index (χ4n) is 2.80. The Morgan fingerprint density at radius 2 is 2.30 bits per heavy atom. The van der Waals surface area contributed by atoms with Crippen LogP contribution < -0.4 is 10.1 Å². The summed E-state index contributed by atoms with van der Waals surface area (Å²) in [6.07, 6.45) is 6.44. The van der Waals surface area contributed by atoms with Gasteiger partial charge in [0.1, 0.15) is 5.75 Å². The first-order chi connectivity index (χ1) is 9.83. The van der Waals surface area contributed by atoms with E-state index in [2.05, 4.69) is 42.2 Å². The highest BCUT2D eigenvalue weighted by atomic mass is 32.2. The maximum Gasteiger partial charge on any atom is 0.119 e. The molecule has 1 saturated heterocycles. The van der Waals surface area contributed by atoms with Crippen molar-refractivity contribution in [1.29, 1.82) is 0 Å². The molecule has 0 spiro atoms. The second kappa shape index (κ2) is 8.58. The number of ether oxygens (including phenoxy) is 1. The Morgan fingerprint density at radius 1 is 1.40 bits per heavy atom. The van der Waals surface area contributed by atoms with Gasteiger partial charge in [0.05, 0.1) is 7.11 Å². The molecule has 2 rings (SSSR count). The summed E-state index contributed by atoms with van der Waals surface area (Å²) in [5.41, 5.74) is 1.38. The van der Waals surface area contributed by atoms with E-state index in [1.807, 2.05) is 6.07 Å². The molecule has 3 heteroatoms. The van der Waals surface area contributed by atoms with Gasteiger partial charge in [0, 0.05) is 11.3 Å². The summed E-state index contributed by atoms with van der Waals surface area (Å²) >= 11 is 2.16. The van der Waals surface area contributed by atoms with Crippen LogP contribution in [0.3, 0.4) is 0 Å². The fraction of sp³-hybridized carbons (Fsp3) is 0.647. The smallest absolute Gasteiger partial charge is 0.119 e. The predicted octanol–water partition coefficient (Wildman–Crippen LogP) is 3.89. The third-order valence-corrected chi connectivity index (χ3v) is 5.43. The Labute approximate surface area is 127 Å². The van der Waals surface area contributed by atoms with Crippen molar-refractivity contribution in [1.82, 2.24) is 5.32 Å². The monoisotopic (exact) mass is 293 g/mol. The number of methoxy groups -OCH3 is 1. The summed E-state index contributed by atoms with van der Waals surface area (Å²) in [6.45, 7) is 3.36. The molecule has 2 atom stereocenters. The van der Waals surface area contributed by atoms with E-state index in [1.54, 1.807) is 7.11 Å². The van der Waals surface area contributed by atoms with Crippen LogP contribution in [0.4, 0.5) is 0 Å². The molecule has 0 amide bonds. The van der Waals surface area contributed by atoms with Crippen LogP contribution in [0, 0.1) is 0 Å². The molecule has 1 N–H and O–H groups in total. The Hall–Kier alpha value is -0.670. The summed E-state index contributed by atoms with van der Waals surface area (Å²) < 4.78 is 5.34. The Balaban J connectivity index is 2.01. The number of benzene rings is 1. The average Bonchev–Trinajstić information content (AvgIpc) is 2.52. The van der Waals surface area contributed by atoms with Crippen LogP contribution in [0.5, 0.6) is 5.75 Å². The van der Waals surface area contributed by atoms with E-state index in [9.17, 15) is 0 Å². The van der Waals surface area contributed by atoms with E-state index < -0.39 is 0 Å². The van der Waals surface area contributed by atoms with Gasteiger partial charge in [0.2, 0.25) is 0 Å². The Morgan fingerprint density at radius 3 is 3.00 bits per heavy atom. The lowest BCUT2D eigenvalue weighted by molar-refractivity contribution is 0.413. The summed E-state index contributed by atoms with van der Waals surface area (Å²) in [6, 6.07) is 9.10. The Bertz CT molecular complexity index is 390. The number of hydrogen-bond donors (Lipinski definition) is 1. The molecule has 0 saturated carbocycles. The van der Waals surface area contributed by atoms with Crippen molar-refractivity contribution in [3.05, 3.63) is 29.8 Å². The van der Waals surface area contributed by atoms with Gasteiger partial charge >= 0.3 is 0 Å².